The minimum absolute atomic E-state index is 0.0403. The lowest BCUT2D eigenvalue weighted by Crippen LogP contribution is -2.32. The van der Waals surface area contributed by atoms with E-state index in [9.17, 15) is 9.59 Å². The molecule has 0 aromatic heterocycles. The first-order valence-electron chi connectivity index (χ1n) is 20.3. The molecule has 0 atom stereocenters. The third kappa shape index (κ3) is 25.6. The summed E-state index contributed by atoms with van der Waals surface area (Å²) in [5, 5.41) is 0. The molecule has 1 aliphatic rings. The molecule has 0 N–H and O–H groups in total. The van der Waals surface area contributed by atoms with Gasteiger partial charge in [0.25, 0.3) is 0 Å². The molecule has 1 fully saturated rings. The maximum atomic E-state index is 12.7. The zero-order chi connectivity index (χ0) is 32.6. The Balaban J connectivity index is 2.26. The summed E-state index contributed by atoms with van der Waals surface area (Å²) < 4.78 is 6.04. The Labute approximate surface area is 281 Å². The van der Waals surface area contributed by atoms with Crippen molar-refractivity contribution in [1.82, 2.24) is 9.80 Å². The average molecular weight is 635 g/mol. The zero-order valence-corrected chi connectivity index (χ0v) is 30.7. The van der Waals surface area contributed by atoms with E-state index in [0.29, 0.717) is 12.3 Å². The van der Waals surface area contributed by atoms with Crippen LogP contribution in [0.3, 0.4) is 0 Å². The average Bonchev–Trinajstić information content (AvgIpc) is 3.45. The number of hydrogen-bond donors (Lipinski definition) is 0. The van der Waals surface area contributed by atoms with Crippen LogP contribution in [0.1, 0.15) is 207 Å². The number of likely N-dealkylation sites (tertiary alicyclic amines) is 1. The molecule has 1 aliphatic heterocycles. The molecule has 0 saturated carbocycles. The molecule has 0 unspecified atom stereocenters. The summed E-state index contributed by atoms with van der Waals surface area (Å²) in [6.45, 7) is 12.2. The standard InChI is InChI=1S/C40H78N2O3/c1-4-7-10-13-17-22-29-38(30-23-18-14-11-8-5-2)45-40(44)32-24-19-16-21-26-34-41(33-25-20-15-12-9-6-3)35-28-37-42-36-27-31-39(42)43/h38H,4-37H2,1-3H3. The second-order valence-corrected chi connectivity index (χ2v) is 14.2. The van der Waals surface area contributed by atoms with Gasteiger partial charge in [-0.1, -0.05) is 136 Å². The fourth-order valence-electron chi connectivity index (χ4n) is 6.82. The monoisotopic (exact) mass is 635 g/mol. The molecule has 0 aliphatic carbocycles. The van der Waals surface area contributed by atoms with Crippen molar-refractivity contribution in [2.45, 2.75) is 213 Å². The third-order valence-electron chi connectivity index (χ3n) is 9.81. The van der Waals surface area contributed by atoms with E-state index < -0.39 is 0 Å². The van der Waals surface area contributed by atoms with E-state index in [4.69, 9.17) is 4.74 Å². The maximum absolute atomic E-state index is 12.7. The number of hydrogen-bond acceptors (Lipinski definition) is 4. The van der Waals surface area contributed by atoms with Gasteiger partial charge in [-0.3, -0.25) is 9.59 Å². The van der Waals surface area contributed by atoms with Crippen molar-refractivity contribution in [3.8, 4) is 0 Å². The van der Waals surface area contributed by atoms with E-state index in [1.165, 1.54) is 148 Å². The topological polar surface area (TPSA) is 49.9 Å². The fourth-order valence-corrected chi connectivity index (χ4v) is 6.82. The van der Waals surface area contributed by atoms with Crippen LogP contribution >= 0.6 is 0 Å². The lowest BCUT2D eigenvalue weighted by Gasteiger charge is -2.24. The molecule has 45 heavy (non-hydrogen) atoms. The van der Waals surface area contributed by atoms with Crippen molar-refractivity contribution in [3.05, 3.63) is 0 Å². The maximum Gasteiger partial charge on any atom is 0.306 e. The second kappa shape index (κ2) is 31.5. The van der Waals surface area contributed by atoms with Gasteiger partial charge in [-0.2, -0.15) is 0 Å². The summed E-state index contributed by atoms with van der Waals surface area (Å²) in [5.74, 6) is 0.394. The minimum Gasteiger partial charge on any atom is -0.462 e. The van der Waals surface area contributed by atoms with Gasteiger partial charge in [0.1, 0.15) is 6.10 Å². The number of carbonyl (C=O) groups is 2. The van der Waals surface area contributed by atoms with Crippen LogP contribution in [0, 0.1) is 0 Å². The van der Waals surface area contributed by atoms with Crippen molar-refractivity contribution in [1.29, 1.82) is 0 Å². The number of amides is 1. The molecule has 0 radical (unpaired) electrons. The normalized spacial score (nSPS) is 13.5. The van der Waals surface area contributed by atoms with Crippen LogP contribution in [0.15, 0.2) is 0 Å². The number of rotatable bonds is 34. The van der Waals surface area contributed by atoms with Crippen molar-refractivity contribution >= 4 is 11.9 Å². The molecule has 0 spiro atoms. The minimum atomic E-state index is 0.0403. The molecule has 5 nitrogen and oxygen atoms in total. The Hall–Kier alpha value is -1.10. The van der Waals surface area contributed by atoms with Crippen LogP contribution in [-0.4, -0.2) is 60.5 Å². The van der Waals surface area contributed by atoms with Gasteiger partial charge in [0, 0.05) is 25.9 Å². The Kier molecular flexibility index (Phi) is 29.3. The summed E-state index contributed by atoms with van der Waals surface area (Å²) in [6, 6.07) is 0. The highest BCUT2D eigenvalue weighted by molar-refractivity contribution is 5.78. The van der Waals surface area contributed by atoms with Crippen LogP contribution in [0.4, 0.5) is 0 Å². The first-order valence-corrected chi connectivity index (χ1v) is 20.3. The predicted octanol–water partition coefficient (Wildman–Crippen LogP) is 11.4. The third-order valence-corrected chi connectivity index (χ3v) is 9.81. The molecule has 0 aromatic rings. The Morgan fingerprint density at radius 1 is 0.622 bits per heavy atom. The molecule has 1 rings (SSSR count). The Morgan fingerprint density at radius 3 is 1.56 bits per heavy atom. The summed E-state index contributed by atoms with van der Waals surface area (Å²) in [6.07, 6.45) is 35.1. The molecule has 0 bridgehead atoms. The van der Waals surface area contributed by atoms with Crippen molar-refractivity contribution in [2.24, 2.45) is 0 Å². The van der Waals surface area contributed by atoms with Crippen LogP contribution in [-0.2, 0) is 14.3 Å². The number of carbonyl (C=O) groups excluding carboxylic acids is 2. The summed E-state index contributed by atoms with van der Waals surface area (Å²) in [7, 11) is 0. The van der Waals surface area contributed by atoms with Gasteiger partial charge in [0.2, 0.25) is 5.91 Å². The van der Waals surface area contributed by atoms with Crippen molar-refractivity contribution in [3.63, 3.8) is 0 Å². The predicted molar refractivity (Wildman–Crippen MR) is 194 cm³/mol. The highest BCUT2D eigenvalue weighted by Crippen LogP contribution is 2.18. The van der Waals surface area contributed by atoms with Gasteiger partial charge >= 0.3 is 5.97 Å². The SMILES string of the molecule is CCCCCCCCC(CCCCCCCC)OC(=O)CCCCCCCN(CCCCCCCC)CCCN1CCCC1=O. The van der Waals surface area contributed by atoms with Crippen LogP contribution < -0.4 is 0 Å². The number of ether oxygens (including phenoxy) is 1. The quantitative estimate of drug-likeness (QED) is 0.0522. The highest BCUT2D eigenvalue weighted by atomic mass is 16.5. The Morgan fingerprint density at radius 2 is 1.07 bits per heavy atom. The largest absolute Gasteiger partial charge is 0.462 e. The first kappa shape index (κ1) is 41.9. The smallest absolute Gasteiger partial charge is 0.306 e. The molecule has 1 saturated heterocycles. The molecule has 266 valence electrons. The lowest BCUT2D eigenvalue weighted by atomic mass is 10.0. The fraction of sp³-hybridized carbons (Fsp3) is 0.950. The number of unbranched alkanes of at least 4 members (excludes halogenated alkanes) is 19. The van der Waals surface area contributed by atoms with Gasteiger partial charge in [0.05, 0.1) is 0 Å². The number of nitrogens with zero attached hydrogens (tertiary/aromatic N) is 2. The highest BCUT2D eigenvalue weighted by Gasteiger charge is 2.19. The van der Waals surface area contributed by atoms with Crippen LogP contribution in [0.2, 0.25) is 0 Å². The van der Waals surface area contributed by atoms with Gasteiger partial charge < -0.3 is 14.5 Å². The van der Waals surface area contributed by atoms with E-state index in [0.717, 1.165) is 64.6 Å². The molecular formula is C40H78N2O3. The molecule has 0 aromatic carbocycles. The first-order chi connectivity index (χ1) is 22.1. The summed E-state index contributed by atoms with van der Waals surface area (Å²) in [4.78, 5) is 29.4. The van der Waals surface area contributed by atoms with Crippen LogP contribution in [0.5, 0.6) is 0 Å². The summed E-state index contributed by atoms with van der Waals surface area (Å²) in [5.41, 5.74) is 0. The van der Waals surface area contributed by atoms with Gasteiger partial charge in [-0.05, 0) is 77.4 Å². The second-order valence-electron chi connectivity index (χ2n) is 14.2. The molecule has 1 heterocycles. The summed E-state index contributed by atoms with van der Waals surface area (Å²) >= 11 is 0. The van der Waals surface area contributed by atoms with E-state index in [2.05, 4.69) is 30.6 Å². The van der Waals surface area contributed by atoms with E-state index in [-0.39, 0.29) is 12.1 Å². The van der Waals surface area contributed by atoms with Crippen LogP contribution in [0.25, 0.3) is 0 Å². The zero-order valence-electron chi connectivity index (χ0n) is 30.7. The lowest BCUT2D eigenvalue weighted by molar-refractivity contribution is -0.150. The molecular weight excluding hydrogens is 556 g/mol. The van der Waals surface area contributed by atoms with Gasteiger partial charge in [-0.15, -0.1) is 0 Å². The van der Waals surface area contributed by atoms with Crippen molar-refractivity contribution in [2.75, 3.05) is 32.7 Å². The van der Waals surface area contributed by atoms with E-state index >= 15 is 0 Å². The van der Waals surface area contributed by atoms with E-state index in [1.54, 1.807) is 0 Å². The van der Waals surface area contributed by atoms with Crippen molar-refractivity contribution < 1.29 is 14.3 Å². The van der Waals surface area contributed by atoms with Gasteiger partial charge in [0.15, 0.2) is 0 Å². The van der Waals surface area contributed by atoms with E-state index in [1.807, 2.05) is 0 Å². The Bertz CT molecular complexity index is 654. The van der Waals surface area contributed by atoms with Gasteiger partial charge in [-0.25, -0.2) is 0 Å². The number of esters is 1. The molecule has 5 heteroatoms. The molecule has 1 amide bonds.